The van der Waals surface area contributed by atoms with Crippen LogP contribution in [0.4, 0.5) is 0 Å². The van der Waals surface area contributed by atoms with Crippen LogP contribution in [0.15, 0.2) is 63.3 Å². The third-order valence-electron chi connectivity index (χ3n) is 3.47. The van der Waals surface area contributed by atoms with E-state index in [1.54, 1.807) is 18.0 Å². The zero-order valence-electron chi connectivity index (χ0n) is 14.3. The van der Waals surface area contributed by atoms with E-state index < -0.39 is 0 Å². The Morgan fingerprint density at radius 3 is 2.73 bits per heavy atom. The van der Waals surface area contributed by atoms with Crippen LogP contribution >= 0.6 is 27.7 Å². The van der Waals surface area contributed by atoms with Gasteiger partial charge in [0.1, 0.15) is 18.1 Å². The van der Waals surface area contributed by atoms with Gasteiger partial charge in [-0.2, -0.15) is 9.78 Å². The number of hydrogen-bond donors (Lipinski definition) is 0. The summed E-state index contributed by atoms with van der Waals surface area (Å²) in [5.74, 6) is 2.12. The Bertz CT molecular complexity index is 899. The van der Waals surface area contributed by atoms with Gasteiger partial charge in [-0.25, -0.2) is 0 Å². The normalized spacial score (nSPS) is 11.0. The second kappa shape index (κ2) is 8.86. The van der Waals surface area contributed by atoms with Gasteiger partial charge in [0.15, 0.2) is 5.82 Å². The van der Waals surface area contributed by atoms with Gasteiger partial charge in [-0.3, -0.25) is 0 Å². The number of thioether (sulfide) groups is 1. The first-order valence-electron chi connectivity index (χ1n) is 7.75. The molecule has 3 aromatic rings. The van der Waals surface area contributed by atoms with Crippen molar-refractivity contribution in [3.63, 3.8) is 0 Å². The van der Waals surface area contributed by atoms with Crippen molar-refractivity contribution in [1.82, 2.24) is 14.9 Å². The van der Waals surface area contributed by atoms with Crippen molar-refractivity contribution >= 4 is 33.9 Å². The van der Waals surface area contributed by atoms with Crippen LogP contribution < -0.4 is 9.47 Å². The molecule has 0 fully saturated rings. The predicted molar refractivity (Wildman–Crippen MR) is 106 cm³/mol. The number of nitrogens with zero attached hydrogens (tertiary/aromatic N) is 4. The number of aromatic nitrogens is 3. The van der Waals surface area contributed by atoms with E-state index in [1.165, 1.54) is 11.8 Å². The first kappa shape index (κ1) is 18.5. The maximum Gasteiger partial charge on any atom is 0.211 e. The summed E-state index contributed by atoms with van der Waals surface area (Å²) in [7, 11) is 1.63. The van der Waals surface area contributed by atoms with Crippen molar-refractivity contribution in [3.05, 3.63) is 64.4 Å². The van der Waals surface area contributed by atoms with Crippen molar-refractivity contribution in [1.29, 1.82) is 0 Å². The number of ether oxygens (including phenoxy) is 2. The van der Waals surface area contributed by atoms with Gasteiger partial charge in [0.2, 0.25) is 5.16 Å². The fourth-order valence-corrected chi connectivity index (χ4v) is 3.05. The number of halogens is 1. The molecular weight excluding hydrogens is 416 g/mol. The van der Waals surface area contributed by atoms with Crippen molar-refractivity contribution in [2.24, 2.45) is 5.10 Å². The van der Waals surface area contributed by atoms with E-state index in [0.29, 0.717) is 11.0 Å². The van der Waals surface area contributed by atoms with Crippen LogP contribution in [0.2, 0.25) is 0 Å². The summed E-state index contributed by atoms with van der Waals surface area (Å²) < 4.78 is 13.8. The minimum absolute atomic E-state index is 0.268. The lowest BCUT2D eigenvalue weighted by atomic mass is 10.2. The van der Waals surface area contributed by atoms with E-state index in [0.717, 1.165) is 21.5 Å². The first-order valence-corrected chi connectivity index (χ1v) is 9.77. The molecule has 6 nitrogen and oxygen atoms in total. The van der Waals surface area contributed by atoms with Crippen LogP contribution in [-0.4, -0.2) is 34.5 Å². The highest BCUT2D eigenvalue weighted by Crippen LogP contribution is 2.22. The van der Waals surface area contributed by atoms with E-state index in [1.807, 2.05) is 54.8 Å². The Hall–Kier alpha value is -2.32. The zero-order valence-corrected chi connectivity index (χ0v) is 16.7. The van der Waals surface area contributed by atoms with Crippen molar-refractivity contribution in [3.8, 4) is 11.5 Å². The lowest BCUT2D eigenvalue weighted by Gasteiger charge is -2.07. The van der Waals surface area contributed by atoms with Gasteiger partial charge in [0.25, 0.3) is 0 Å². The van der Waals surface area contributed by atoms with Gasteiger partial charge in [-0.15, -0.1) is 10.2 Å². The van der Waals surface area contributed by atoms with Crippen LogP contribution in [0.1, 0.15) is 11.4 Å². The Morgan fingerprint density at radius 1 is 1.19 bits per heavy atom. The lowest BCUT2D eigenvalue weighted by molar-refractivity contribution is 0.290. The minimum atomic E-state index is 0.268. The molecule has 0 aliphatic rings. The summed E-state index contributed by atoms with van der Waals surface area (Å²) in [4.78, 5) is 0. The second-order valence-corrected chi connectivity index (χ2v) is 6.84. The van der Waals surface area contributed by atoms with Crippen LogP contribution in [0.25, 0.3) is 0 Å². The van der Waals surface area contributed by atoms with E-state index in [2.05, 4.69) is 31.2 Å². The average Bonchev–Trinajstić information content (AvgIpc) is 3.07. The van der Waals surface area contributed by atoms with Gasteiger partial charge >= 0.3 is 0 Å². The van der Waals surface area contributed by atoms with Crippen LogP contribution in [0.3, 0.4) is 0 Å². The molecule has 0 unspecified atom stereocenters. The summed E-state index contributed by atoms with van der Waals surface area (Å²) in [5, 5.41) is 13.6. The van der Waals surface area contributed by atoms with Gasteiger partial charge in [0.05, 0.1) is 13.3 Å². The van der Waals surface area contributed by atoms with Gasteiger partial charge < -0.3 is 9.47 Å². The summed E-state index contributed by atoms with van der Waals surface area (Å²) >= 11 is 4.93. The number of methoxy groups -OCH3 is 1. The summed E-state index contributed by atoms with van der Waals surface area (Å²) in [6.07, 6.45) is 3.65. The molecule has 0 aliphatic carbocycles. The third kappa shape index (κ3) is 4.44. The molecule has 26 heavy (non-hydrogen) atoms. The summed E-state index contributed by atoms with van der Waals surface area (Å²) in [6.45, 7) is 0.268. The maximum atomic E-state index is 5.77. The number of benzene rings is 2. The van der Waals surface area contributed by atoms with Crippen LogP contribution in [0, 0.1) is 0 Å². The molecule has 0 bridgehead atoms. The third-order valence-corrected chi connectivity index (χ3v) is 4.59. The lowest BCUT2D eigenvalue weighted by Crippen LogP contribution is -2.05. The fraction of sp³-hybridized carbons (Fsp3) is 0.167. The predicted octanol–water partition coefficient (Wildman–Crippen LogP) is 4.23. The molecule has 0 amide bonds. The molecule has 1 heterocycles. The number of para-hydroxylation sites is 1. The first-order chi connectivity index (χ1) is 12.7. The molecule has 0 spiro atoms. The summed E-state index contributed by atoms with van der Waals surface area (Å²) in [5.41, 5.74) is 0.845. The topological polar surface area (TPSA) is 61.5 Å². The standard InChI is InChI=1S/C18H17BrN4O2S/c1-24-16-9-8-14(19)10-13(16)11-20-23-17(21-22-18(23)26-2)12-25-15-6-4-3-5-7-15/h3-11H,12H2,1-2H3/b20-11-. The van der Waals surface area contributed by atoms with Crippen LogP contribution in [0.5, 0.6) is 11.5 Å². The molecule has 0 N–H and O–H groups in total. The highest BCUT2D eigenvalue weighted by molar-refractivity contribution is 9.10. The highest BCUT2D eigenvalue weighted by atomic mass is 79.9. The van der Waals surface area contributed by atoms with Gasteiger partial charge in [0, 0.05) is 10.0 Å². The molecule has 0 saturated carbocycles. The van der Waals surface area contributed by atoms with Crippen LogP contribution in [-0.2, 0) is 6.61 Å². The Morgan fingerprint density at radius 2 is 2.00 bits per heavy atom. The highest BCUT2D eigenvalue weighted by Gasteiger charge is 2.12. The summed E-state index contributed by atoms with van der Waals surface area (Å²) in [6, 6.07) is 15.3. The molecule has 0 aliphatic heterocycles. The molecule has 2 aromatic carbocycles. The van der Waals surface area contributed by atoms with Crippen molar-refractivity contribution < 1.29 is 9.47 Å². The van der Waals surface area contributed by atoms with E-state index in [4.69, 9.17) is 9.47 Å². The minimum Gasteiger partial charge on any atom is -0.496 e. The fourth-order valence-electron chi connectivity index (χ4n) is 2.22. The molecule has 0 atom stereocenters. The number of hydrogen-bond acceptors (Lipinski definition) is 6. The molecule has 0 radical (unpaired) electrons. The maximum absolute atomic E-state index is 5.77. The molecule has 8 heteroatoms. The van der Waals surface area contributed by atoms with E-state index in [-0.39, 0.29) is 6.61 Å². The quantitative estimate of drug-likeness (QED) is 0.412. The van der Waals surface area contributed by atoms with Gasteiger partial charge in [-0.1, -0.05) is 45.9 Å². The second-order valence-electron chi connectivity index (χ2n) is 5.15. The Kier molecular flexibility index (Phi) is 6.30. The molecule has 3 rings (SSSR count). The molecule has 134 valence electrons. The average molecular weight is 433 g/mol. The smallest absolute Gasteiger partial charge is 0.211 e. The van der Waals surface area contributed by atoms with Gasteiger partial charge in [-0.05, 0) is 36.6 Å². The largest absolute Gasteiger partial charge is 0.496 e. The van der Waals surface area contributed by atoms with E-state index in [9.17, 15) is 0 Å². The van der Waals surface area contributed by atoms with Crippen molar-refractivity contribution in [2.45, 2.75) is 11.8 Å². The molecule has 1 aromatic heterocycles. The Labute approximate surface area is 164 Å². The molecule has 0 saturated heterocycles. The molecular formula is C18H17BrN4O2S. The zero-order chi connectivity index (χ0) is 18.4. The van der Waals surface area contributed by atoms with E-state index >= 15 is 0 Å². The van der Waals surface area contributed by atoms with Crippen molar-refractivity contribution in [2.75, 3.05) is 13.4 Å². The SMILES string of the molecule is COc1ccc(Br)cc1/C=N\n1c(COc2ccccc2)nnc1SC. The monoisotopic (exact) mass is 432 g/mol. The Balaban J connectivity index is 1.85. The number of rotatable bonds is 7.